The number of rotatable bonds is 1. The van der Waals surface area contributed by atoms with E-state index in [0.717, 1.165) is 17.2 Å². The van der Waals surface area contributed by atoms with Crippen LogP contribution in [0.3, 0.4) is 0 Å². The lowest BCUT2D eigenvalue weighted by atomic mass is 10.2. The highest BCUT2D eigenvalue weighted by atomic mass is 16.1. The van der Waals surface area contributed by atoms with Gasteiger partial charge in [-0.3, -0.25) is 9.78 Å². The lowest BCUT2D eigenvalue weighted by molar-refractivity contribution is 0.112. The van der Waals surface area contributed by atoms with Crippen LogP contribution >= 0.6 is 0 Å². The zero-order valence-electron chi connectivity index (χ0n) is 6.69. The minimum atomic E-state index is 0.508. The third kappa shape index (κ3) is 0.830. The predicted molar refractivity (Wildman–Crippen MR) is 46.1 cm³/mol. The Labute approximate surface area is 69.6 Å². The standard InChI is InChI=1S/C9H8N2O/c1-11-5-3-7-8(6-12)10-4-2-9(7)11/h2-6H,1H3. The molecule has 0 radical (unpaired) electrons. The average molecular weight is 160 g/mol. The molecular weight excluding hydrogens is 152 g/mol. The number of pyridine rings is 1. The minimum Gasteiger partial charge on any atom is -0.350 e. The largest absolute Gasteiger partial charge is 0.350 e. The van der Waals surface area contributed by atoms with Crippen LogP contribution < -0.4 is 0 Å². The van der Waals surface area contributed by atoms with Crippen molar-refractivity contribution in [2.45, 2.75) is 0 Å². The fourth-order valence-electron chi connectivity index (χ4n) is 1.32. The summed E-state index contributed by atoms with van der Waals surface area (Å²) in [6.07, 6.45) is 4.34. The van der Waals surface area contributed by atoms with Gasteiger partial charge in [0.05, 0.1) is 5.52 Å². The Hall–Kier alpha value is -1.64. The molecule has 0 spiro atoms. The van der Waals surface area contributed by atoms with Crippen LogP contribution in [0.5, 0.6) is 0 Å². The molecular formula is C9H8N2O. The molecule has 0 unspecified atom stereocenters. The summed E-state index contributed by atoms with van der Waals surface area (Å²) in [6.45, 7) is 0. The summed E-state index contributed by atoms with van der Waals surface area (Å²) in [5.41, 5.74) is 1.54. The quantitative estimate of drug-likeness (QED) is 0.591. The van der Waals surface area contributed by atoms with Crippen molar-refractivity contribution in [3.8, 4) is 0 Å². The topological polar surface area (TPSA) is 34.9 Å². The number of aldehydes is 1. The van der Waals surface area contributed by atoms with Crippen molar-refractivity contribution in [3.63, 3.8) is 0 Å². The Kier molecular flexibility index (Phi) is 1.43. The fraction of sp³-hybridized carbons (Fsp3) is 0.111. The highest BCUT2D eigenvalue weighted by Gasteiger charge is 2.02. The van der Waals surface area contributed by atoms with Crippen molar-refractivity contribution in [1.82, 2.24) is 9.55 Å². The molecule has 3 nitrogen and oxygen atoms in total. The molecule has 0 atom stereocenters. The molecule has 0 saturated carbocycles. The Bertz CT molecular complexity index is 431. The van der Waals surface area contributed by atoms with Crippen LogP contribution in [0, 0.1) is 0 Å². The maximum Gasteiger partial charge on any atom is 0.169 e. The number of hydrogen-bond donors (Lipinski definition) is 0. The van der Waals surface area contributed by atoms with Crippen LogP contribution in [0.2, 0.25) is 0 Å². The maximum absolute atomic E-state index is 10.6. The highest BCUT2D eigenvalue weighted by Crippen LogP contribution is 2.15. The molecule has 60 valence electrons. The van der Waals surface area contributed by atoms with Crippen LogP contribution in [0.25, 0.3) is 10.9 Å². The van der Waals surface area contributed by atoms with Gasteiger partial charge in [0.15, 0.2) is 6.29 Å². The van der Waals surface area contributed by atoms with Gasteiger partial charge < -0.3 is 4.57 Å². The van der Waals surface area contributed by atoms with E-state index >= 15 is 0 Å². The van der Waals surface area contributed by atoms with Gasteiger partial charge in [0.25, 0.3) is 0 Å². The second-order valence-electron chi connectivity index (χ2n) is 2.67. The summed E-state index contributed by atoms with van der Waals surface area (Å²) < 4.78 is 1.96. The molecule has 0 amide bonds. The lowest BCUT2D eigenvalue weighted by Gasteiger charge is -1.95. The molecule has 2 rings (SSSR count). The molecule has 0 aromatic carbocycles. The van der Waals surface area contributed by atoms with Gasteiger partial charge in [-0.05, 0) is 12.1 Å². The van der Waals surface area contributed by atoms with E-state index in [1.807, 2.05) is 29.9 Å². The molecule has 0 aliphatic carbocycles. The van der Waals surface area contributed by atoms with Crippen LogP contribution in [0.1, 0.15) is 10.5 Å². The second-order valence-corrected chi connectivity index (χ2v) is 2.67. The number of hydrogen-bond acceptors (Lipinski definition) is 2. The van der Waals surface area contributed by atoms with E-state index < -0.39 is 0 Å². The van der Waals surface area contributed by atoms with Gasteiger partial charge in [0, 0.05) is 24.8 Å². The average Bonchev–Trinajstić information content (AvgIpc) is 2.48. The molecule has 12 heavy (non-hydrogen) atoms. The van der Waals surface area contributed by atoms with E-state index in [9.17, 15) is 4.79 Å². The third-order valence-electron chi connectivity index (χ3n) is 1.95. The number of aromatic nitrogens is 2. The molecule has 0 fully saturated rings. The van der Waals surface area contributed by atoms with Crippen molar-refractivity contribution in [2.75, 3.05) is 0 Å². The normalized spacial score (nSPS) is 10.4. The first kappa shape index (κ1) is 7.03. The Morgan fingerprint density at radius 1 is 1.50 bits per heavy atom. The molecule has 0 bridgehead atoms. The number of fused-ring (bicyclic) bond motifs is 1. The van der Waals surface area contributed by atoms with Gasteiger partial charge in [-0.15, -0.1) is 0 Å². The Morgan fingerprint density at radius 2 is 2.33 bits per heavy atom. The first-order valence-corrected chi connectivity index (χ1v) is 3.68. The maximum atomic E-state index is 10.6. The van der Waals surface area contributed by atoms with Crippen molar-refractivity contribution in [1.29, 1.82) is 0 Å². The van der Waals surface area contributed by atoms with Crippen molar-refractivity contribution in [3.05, 3.63) is 30.2 Å². The van der Waals surface area contributed by atoms with Crippen LogP contribution in [0.15, 0.2) is 24.5 Å². The molecule has 0 aliphatic rings. The van der Waals surface area contributed by atoms with E-state index in [1.54, 1.807) is 6.20 Å². The summed E-state index contributed by atoms with van der Waals surface area (Å²) in [6, 6.07) is 3.79. The van der Waals surface area contributed by atoms with Crippen LogP contribution in [-0.4, -0.2) is 15.8 Å². The third-order valence-corrected chi connectivity index (χ3v) is 1.95. The van der Waals surface area contributed by atoms with Crippen molar-refractivity contribution < 1.29 is 4.79 Å². The molecule has 2 aromatic heterocycles. The zero-order chi connectivity index (χ0) is 8.55. The summed E-state index contributed by atoms with van der Waals surface area (Å²) in [5, 5.41) is 0.912. The van der Waals surface area contributed by atoms with Gasteiger partial charge in [0.2, 0.25) is 0 Å². The molecule has 2 heterocycles. The summed E-state index contributed by atoms with van der Waals surface area (Å²) in [7, 11) is 1.94. The van der Waals surface area contributed by atoms with Crippen LogP contribution in [0.4, 0.5) is 0 Å². The fourth-order valence-corrected chi connectivity index (χ4v) is 1.32. The van der Waals surface area contributed by atoms with E-state index in [-0.39, 0.29) is 0 Å². The van der Waals surface area contributed by atoms with E-state index in [2.05, 4.69) is 4.98 Å². The van der Waals surface area contributed by atoms with E-state index in [1.165, 1.54) is 0 Å². The highest BCUT2D eigenvalue weighted by molar-refractivity contribution is 5.94. The van der Waals surface area contributed by atoms with Gasteiger partial charge in [-0.25, -0.2) is 0 Å². The Morgan fingerprint density at radius 3 is 3.08 bits per heavy atom. The van der Waals surface area contributed by atoms with Gasteiger partial charge >= 0.3 is 0 Å². The molecule has 2 aromatic rings. The Balaban J connectivity index is 2.89. The SMILES string of the molecule is Cn1ccc2c(C=O)nccc21. The lowest BCUT2D eigenvalue weighted by Crippen LogP contribution is -1.88. The number of carbonyl (C=O) groups is 1. The minimum absolute atomic E-state index is 0.508. The number of carbonyl (C=O) groups excluding carboxylic acids is 1. The van der Waals surface area contributed by atoms with Gasteiger partial charge in [-0.1, -0.05) is 0 Å². The summed E-state index contributed by atoms with van der Waals surface area (Å²) in [4.78, 5) is 14.5. The smallest absolute Gasteiger partial charge is 0.169 e. The van der Waals surface area contributed by atoms with Crippen LogP contribution in [-0.2, 0) is 7.05 Å². The number of aryl methyl sites for hydroxylation is 1. The predicted octanol–water partition coefficient (Wildman–Crippen LogP) is 1.39. The van der Waals surface area contributed by atoms with Crippen molar-refractivity contribution in [2.24, 2.45) is 7.05 Å². The van der Waals surface area contributed by atoms with Gasteiger partial charge in [-0.2, -0.15) is 0 Å². The first-order valence-electron chi connectivity index (χ1n) is 3.68. The molecule has 0 N–H and O–H groups in total. The van der Waals surface area contributed by atoms with E-state index in [4.69, 9.17) is 0 Å². The second kappa shape index (κ2) is 2.44. The summed E-state index contributed by atoms with van der Waals surface area (Å²) in [5.74, 6) is 0. The monoisotopic (exact) mass is 160 g/mol. The van der Waals surface area contributed by atoms with Gasteiger partial charge in [0.1, 0.15) is 5.69 Å². The summed E-state index contributed by atoms with van der Waals surface area (Å²) >= 11 is 0. The number of nitrogens with zero attached hydrogens (tertiary/aromatic N) is 2. The zero-order valence-corrected chi connectivity index (χ0v) is 6.69. The van der Waals surface area contributed by atoms with E-state index in [0.29, 0.717) is 5.69 Å². The molecule has 0 saturated heterocycles. The van der Waals surface area contributed by atoms with Crippen molar-refractivity contribution >= 4 is 17.2 Å². The molecule has 3 heteroatoms. The molecule has 0 aliphatic heterocycles. The first-order chi connectivity index (χ1) is 5.83.